The zero-order valence-electron chi connectivity index (χ0n) is 14.3. The zero-order valence-corrected chi connectivity index (χ0v) is 14.3. The van der Waals surface area contributed by atoms with E-state index in [-0.39, 0.29) is 0 Å². The van der Waals surface area contributed by atoms with Crippen molar-refractivity contribution < 1.29 is 9.47 Å². The lowest BCUT2D eigenvalue weighted by molar-refractivity contribution is 0.395. The Morgan fingerprint density at radius 2 is 1.84 bits per heavy atom. The van der Waals surface area contributed by atoms with Crippen molar-refractivity contribution in [3.8, 4) is 11.5 Å². The van der Waals surface area contributed by atoms with Gasteiger partial charge in [-0.1, -0.05) is 12.1 Å². The first-order valence-corrected chi connectivity index (χ1v) is 7.94. The number of nitrogens with zero attached hydrogens (tertiary/aromatic N) is 3. The first kappa shape index (κ1) is 15.3. The quantitative estimate of drug-likeness (QED) is 0.612. The summed E-state index contributed by atoms with van der Waals surface area (Å²) in [6, 6.07) is 15.6. The SMILES string of the molecule is COc1ccc(Nc2nc3cc(C)nn3c3ccccc23)c(OC)c1. The first-order valence-electron chi connectivity index (χ1n) is 7.94. The smallest absolute Gasteiger partial charge is 0.158 e. The molecule has 0 aliphatic heterocycles. The molecule has 0 unspecified atom stereocenters. The normalized spacial score (nSPS) is 11.0. The van der Waals surface area contributed by atoms with E-state index in [0.29, 0.717) is 5.75 Å². The van der Waals surface area contributed by atoms with Gasteiger partial charge in [0.2, 0.25) is 0 Å². The van der Waals surface area contributed by atoms with E-state index in [1.165, 1.54) is 0 Å². The lowest BCUT2D eigenvalue weighted by Crippen LogP contribution is -2.01. The second-order valence-corrected chi connectivity index (χ2v) is 5.72. The van der Waals surface area contributed by atoms with Crippen LogP contribution in [0, 0.1) is 6.92 Å². The maximum Gasteiger partial charge on any atom is 0.158 e. The molecule has 0 radical (unpaired) electrons. The summed E-state index contributed by atoms with van der Waals surface area (Å²) in [5.74, 6) is 2.18. The Bertz CT molecular complexity index is 1070. The Hall–Kier alpha value is -3.28. The molecule has 0 bridgehead atoms. The van der Waals surface area contributed by atoms with E-state index < -0.39 is 0 Å². The van der Waals surface area contributed by atoms with Crippen LogP contribution in [0.4, 0.5) is 11.5 Å². The number of hydrogen-bond donors (Lipinski definition) is 1. The van der Waals surface area contributed by atoms with Gasteiger partial charge in [0, 0.05) is 17.5 Å². The van der Waals surface area contributed by atoms with Gasteiger partial charge in [-0.3, -0.25) is 0 Å². The number of hydrogen-bond acceptors (Lipinski definition) is 5. The largest absolute Gasteiger partial charge is 0.497 e. The molecule has 6 nitrogen and oxygen atoms in total. The molecule has 0 fully saturated rings. The molecule has 6 heteroatoms. The predicted octanol–water partition coefficient (Wildman–Crippen LogP) is 3.95. The van der Waals surface area contributed by atoms with Crippen molar-refractivity contribution in [2.45, 2.75) is 6.92 Å². The summed E-state index contributed by atoms with van der Waals surface area (Å²) in [7, 11) is 3.27. The summed E-state index contributed by atoms with van der Waals surface area (Å²) in [5.41, 5.74) is 3.54. The number of nitrogens with one attached hydrogen (secondary N) is 1. The molecule has 0 atom stereocenters. The molecule has 2 heterocycles. The van der Waals surface area contributed by atoms with Crippen LogP contribution in [0.25, 0.3) is 16.6 Å². The Morgan fingerprint density at radius 3 is 2.64 bits per heavy atom. The lowest BCUT2D eigenvalue weighted by atomic mass is 10.2. The molecule has 0 spiro atoms. The van der Waals surface area contributed by atoms with Crippen LogP contribution in [0.2, 0.25) is 0 Å². The molecule has 0 saturated heterocycles. The standard InChI is InChI=1S/C19H18N4O2/c1-12-10-18-21-19(14-6-4-5-7-16(14)23(18)22-12)20-15-9-8-13(24-2)11-17(15)25-3/h4-11H,1-3H3,(H,20,21). The Kier molecular flexibility index (Phi) is 3.65. The number of para-hydroxylation sites is 1. The van der Waals surface area contributed by atoms with Gasteiger partial charge in [-0.05, 0) is 31.2 Å². The number of fused-ring (bicyclic) bond motifs is 3. The van der Waals surface area contributed by atoms with Crippen LogP contribution < -0.4 is 14.8 Å². The van der Waals surface area contributed by atoms with Crippen molar-refractivity contribution in [2.75, 3.05) is 19.5 Å². The average Bonchev–Trinajstić information content (AvgIpc) is 3.02. The summed E-state index contributed by atoms with van der Waals surface area (Å²) in [4.78, 5) is 4.74. The van der Waals surface area contributed by atoms with Crippen molar-refractivity contribution in [3.63, 3.8) is 0 Å². The monoisotopic (exact) mass is 334 g/mol. The van der Waals surface area contributed by atoms with Gasteiger partial charge < -0.3 is 14.8 Å². The van der Waals surface area contributed by atoms with E-state index in [0.717, 1.165) is 39.5 Å². The average molecular weight is 334 g/mol. The molecular weight excluding hydrogens is 316 g/mol. The molecule has 0 amide bonds. The molecule has 0 saturated carbocycles. The van der Waals surface area contributed by atoms with E-state index in [2.05, 4.69) is 10.4 Å². The van der Waals surface area contributed by atoms with Crippen LogP contribution in [-0.4, -0.2) is 28.8 Å². The maximum atomic E-state index is 5.48. The number of benzene rings is 2. The molecule has 2 aromatic carbocycles. The highest BCUT2D eigenvalue weighted by Crippen LogP contribution is 2.33. The third-order valence-corrected chi connectivity index (χ3v) is 4.09. The third-order valence-electron chi connectivity index (χ3n) is 4.09. The Labute approximate surface area is 145 Å². The summed E-state index contributed by atoms with van der Waals surface area (Å²) in [5, 5.41) is 8.90. The van der Waals surface area contributed by atoms with Crippen LogP contribution >= 0.6 is 0 Å². The Balaban J connectivity index is 1.89. The molecule has 4 aromatic rings. The summed E-state index contributed by atoms with van der Waals surface area (Å²) in [6.45, 7) is 1.96. The van der Waals surface area contributed by atoms with Crippen LogP contribution in [0.1, 0.15) is 5.69 Å². The van der Waals surface area contributed by atoms with E-state index in [1.54, 1.807) is 14.2 Å². The number of aryl methyl sites for hydroxylation is 1. The molecular formula is C19H18N4O2. The van der Waals surface area contributed by atoms with Gasteiger partial charge in [-0.15, -0.1) is 0 Å². The van der Waals surface area contributed by atoms with Gasteiger partial charge in [0.15, 0.2) is 5.65 Å². The van der Waals surface area contributed by atoms with E-state index in [9.17, 15) is 0 Å². The Morgan fingerprint density at radius 1 is 1.00 bits per heavy atom. The van der Waals surface area contributed by atoms with E-state index >= 15 is 0 Å². The molecule has 126 valence electrons. The van der Waals surface area contributed by atoms with Crippen molar-refractivity contribution in [1.29, 1.82) is 0 Å². The molecule has 0 aliphatic carbocycles. The molecule has 2 aromatic heterocycles. The van der Waals surface area contributed by atoms with Gasteiger partial charge in [0.05, 0.1) is 31.1 Å². The minimum absolute atomic E-state index is 0.690. The number of anilines is 2. The minimum Gasteiger partial charge on any atom is -0.497 e. The summed E-state index contributed by atoms with van der Waals surface area (Å²) >= 11 is 0. The number of rotatable bonds is 4. The van der Waals surface area contributed by atoms with Gasteiger partial charge >= 0.3 is 0 Å². The first-order chi connectivity index (χ1) is 12.2. The number of ether oxygens (including phenoxy) is 2. The topological polar surface area (TPSA) is 60.7 Å². The van der Waals surface area contributed by atoms with Gasteiger partial charge in [0.1, 0.15) is 17.3 Å². The van der Waals surface area contributed by atoms with E-state index in [4.69, 9.17) is 14.5 Å². The van der Waals surface area contributed by atoms with Crippen LogP contribution in [0.5, 0.6) is 11.5 Å². The second kappa shape index (κ2) is 5.98. The zero-order chi connectivity index (χ0) is 17.4. The number of aromatic nitrogens is 3. The highest BCUT2D eigenvalue weighted by atomic mass is 16.5. The van der Waals surface area contributed by atoms with Crippen molar-refractivity contribution in [1.82, 2.24) is 14.6 Å². The van der Waals surface area contributed by atoms with Crippen LogP contribution in [0.15, 0.2) is 48.5 Å². The van der Waals surface area contributed by atoms with E-state index in [1.807, 2.05) is 60.0 Å². The van der Waals surface area contributed by atoms with Gasteiger partial charge in [-0.25, -0.2) is 9.50 Å². The predicted molar refractivity (Wildman–Crippen MR) is 98.1 cm³/mol. The fourth-order valence-corrected chi connectivity index (χ4v) is 2.90. The van der Waals surface area contributed by atoms with Crippen molar-refractivity contribution in [3.05, 3.63) is 54.2 Å². The molecule has 4 rings (SSSR count). The van der Waals surface area contributed by atoms with Crippen molar-refractivity contribution >= 4 is 28.1 Å². The van der Waals surface area contributed by atoms with Crippen LogP contribution in [-0.2, 0) is 0 Å². The second-order valence-electron chi connectivity index (χ2n) is 5.72. The highest BCUT2D eigenvalue weighted by Gasteiger charge is 2.12. The lowest BCUT2D eigenvalue weighted by Gasteiger charge is -2.14. The fraction of sp³-hybridized carbons (Fsp3) is 0.158. The summed E-state index contributed by atoms with van der Waals surface area (Å²) in [6.07, 6.45) is 0. The number of methoxy groups -OCH3 is 2. The maximum absolute atomic E-state index is 5.48. The van der Waals surface area contributed by atoms with Gasteiger partial charge in [0.25, 0.3) is 0 Å². The highest BCUT2D eigenvalue weighted by molar-refractivity contribution is 5.93. The van der Waals surface area contributed by atoms with Crippen molar-refractivity contribution in [2.24, 2.45) is 0 Å². The molecule has 25 heavy (non-hydrogen) atoms. The third kappa shape index (κ3) is 2.61. The van der Waals surface area contributed by atoms with Gasteiger partial charge in [-0.2, -0.15) is 5.10 Å². The fourth-order valence-electron chi connectivity index (χ4n) is 2.90. The summed E-state index contributed by atoms with van der Waals surface area (Å²) < 4.78 is 12.6. The molecule has 0 aliphatic rings. The minimum atomic E-state index is 0.690. The molecule has 1 N–H and O–H groups in total. The van der Waals surface area contributed by atoms with Crippen LogP contribution in [0.3, 0.4) is 0 Å².